The molecule has 11 nitrogen and oxygen atoms in total. The number of nitrogens with zero attached hydrogens (tertiary/aromatic N) is 5. The van der Waals surface area contributed by atoms with Gasteiger partial charge >= 0.3 is 0 Å². The van der Waals surface area contributed by atoms with Gasteiger partial charge < -0.3 is 38.6 Å². The van der Waals surface area contributed by atoms with Crippen LogP contribution in [-0.2, 0) is 6.54 Å². The zero-order chi connectivity index (χ0) is 35.5. The molecule has 1 saturated heterocycles. The van der Waals surface area contributed by atoms with Gasteiger partial charge in [0.2, 0.25) is 11.7 Å². The molecule has 50 heavy (non-hydrogen) atoms. The molecule has 4 aromatic rings. The summed E-state index contributed by atoms with van der Waals surface area (Å²) in [5.41, 5.74) is 4.47. The SMILES string of the molecule is COc1ccc(C(CCN2CCCN(c3nc4ccccc4n3CCCCC#N)CC2)CNC(=O)c2cc(OC)c(OC)c(OC)c2C)cc1. The molecule has 11 heteroatoms. The second kappa shape index (κ2) is 17.6. The number of unbranched alkanes of at least 4 members (excludes halogenated alkanes) is 2. The normalized spacial score (nSPS) is 14.1. The number of anilines is 1. The number of nitriles is 1. The predicted molar refractivity (Wildman–Crippen MR) is 196 cm³/mol. The minimum absolute atomic E-state index is 0.0872. The van der Waals surface area contributed by atoms with Crippen molar-refractivity contribution in [2.24, 2.45) is 0 Å². The zero-order valence-electron chi connectivity index (χ0n) is 30.0. The van der Waals surface area contributed by atoms with Crippen LogP contribution in [0.1, 0.15) is 59.5 Å². The maximum atomic E-state index is 13.6. The molecule has 1 aliphatic heterocycles. The fourth-order valence-electron chi connectivity index (χ4n) is 6.84. The summed E-state index contributed by atoms with van der Waals surface area (Å²) in [6.07, 6.45) is 4.31. The van der Waals surface area contributed by atoms with Gasteiger partial charge in [0.25, 0.3) is 5.91 Å². The van der Waals surface area contributed by atoms with E-state index in [4.69, 9.17) is 29.2 Å². The molecule has 1 amide bonds. The lowest BCUT2D eigenvalue weighted by Crippen LogP contribution is -2.34. The maximum absolute atomic E-state index is 13.6. The van der Waals surface area contributed by atoms with Crippen LogP contribution in [0, 0.1) is 18.3 Å². The van der Waals surface area contributed by atoms with E-state index in [9.17, 15) is 4.79 Å². The van der Waals surface area contributed by atoms with Crippen molar-refractivity contribution in [3.63, 3.8) is 0 Å². The highest BCUT2D eigenvalue weighted by Crippen LogP contribution is 2.41. The van der Waals surface area contributed by atoms with Crippen LogP contribution < -0.4 is 29.2 Å². The van der Waals surface area contributed by atoms with Gasteiger partial charge in [-0.1, -0.05) is 24.3 Å². The summed E-state index contributed by atoms with van der Waals surface area (Å²) >= 11 is 0. The van der Waals surface area contributed by atoms with Crippen molar-refractivity contribution >= 4 is 22.9 Å². The third kappa shape index (κ3) is 8.43. The summed E-state index contributed by atoms with van der Waals surface area (Å²) in [6, 6.07) is 20.4. The topological polar surface area (TPSA) is 114 Å². The van der Waals surface area contributed by atoms with Crippen molar-refractivity contribution in [2.45, 2.75) is 51.5 Å². The molecule has 0 aliphatic carbocycles. The Morgan fingerprint density at radius 2 is 1.70 bits per heavy atom. The van der Waals surface area contributed by atoms with Crippen molar-refractivity contribution in [1.29, 1.82) is 5.26 Å². The molecule has 0 radical (unpaired) electrons. The summed E-state index contributed by atoms with van der Waals surface area (Å²) in [4.78, 5) is 23.6. The molecule has 5 rings (SSSR count). The monoisotopic (exact) mass is 682 g/mol. The summed E-state index contributed by atoms with van der Waals surface area (Å²) in [5.74, 6) is 3.10. The summed E-state index contributed by atoms with van der Waals surface area (Å²) < 4.78 is 24.4. The molecule has 1 N–H and O–H groups in total. The number of hydrogen-bond acceptors (Lipinski definition) is 9. The molecule has 1 aliphatic rings. The Labute approximate surface area is 295 Å². The maximum Gasteiger partial charge on any atom is 0.251 e. The van der Waals surface area contributed by atoms with Crippen molar-refractivity contribution in [2.75, 3.05) is 72.6 Å². The number of aryl methyl sites for hydroxylation is 1. The number of hydrogen-bond donors (Lipinski definition) is 1. The van der Waals surface area contributed by atoms with E-state index in [1.54, 1.807) is 34.5 Å². The van der Waals surface area contributed by atoms with Gasteiger partial charge in [-0.25, -0.2) is 4.98 Å². The molecular formula is C39H50N6O5. The summed E-state index contributed by atoms with van der Waals surface area (Å²) in [5, 5.41) is 12.2. The van der Waals surface area contributed by atoms with Crippen LogP contribution in [0.2, 0.25) is 0 Å². The van der Waals surface area contributed by atoms with E-state index in [1.165, 1.54) is 0 Å². The quantitative estimate of drug-likeness (QED) is 0.138. The van der Waals surface area contributed by atoms with Gasteiger partial charge in [-0.15, -0.1) is 0 Å². The fraction of sp³-hybridized carbons (Fsp3) is 0.462. The number of benzene rings is 3. The molecule has 1 unspecified atom stereocenters. The lowest BCUT2D eigenvalue weighted by molar-refractivity contribution is 0.0948. The lowest BCUT2D eigenvalue weighted by atomic mass is 9.94. The number of aromatic nitrogens is 2. The molecule has 0 spiro atoms. The lowest BCUT2D eigenvalue weighted by Gasteiger charge is -2.26. The first-order valence-electron chi connectivity index (χ1n) is 17.4. The van der Waals surface area contributed by atoms with Gasteiger partial charge in [-0.05, 0) is 81.6 Å². The van der Waals surface area contributed by atoms with E-state index >= 15 is 0 Å². The number of para-hydroxylation sites is 2. The highest BCUT2D eigenvalue weighted by atomic mass is 16.5. The van der Waals surface area contributed by atoms with Gasteiger partial charge in [0.05, 0.1) is 45.5 Å². The van der Waals surface area contributed by atoms with Gasteiger partial charge in [-0.3, -0.25) is 4.79 Å². The molecule has 1 fully saturated rings. The minimum Gasteiger partial charge on any atom is -0.497 e. The Morgan fingerprint density at radius 3 is 2.42 bits per heavy atom. The Balaban J connectivity index is 1.27. The van der Waals surface area contributed by atoms with Gasteiger partial charge in [0.15, 0.2) is 11.5 Å². The fourth-order valence-corrected chi connectivity index (χ4v) is 6.84. The third-order valence-corrected chi connectivity index (χ3v) is 9.64. The summed E-state index contributed by atoms with van der Waals surface area (Å²) in [6.45, 7) is 7.79. The largest absolute Gasteiger partial charge is 0.497 e. The van der Waals surface area contributed by atoms with Crippen molar-refractivity contribution in [3.8, 4) is 29.1 Å². The number of methoxy groups -OCH3 is 4. The second-order valence-corrected chi connectivity index (χ2v) is 12.6. The molecule has 0 bridgehead atoms. The number of imidazole rings is 1. The van der Waals surface area contributed by atoms with E-state index in [0.717, 1.165) is 93.2 Å². The number of rotatable bonds is 16. The van der Waals surface area contributed by atoms with Gasteiger partial charge in [0, 0.05) is 56.2 Å². The highest BCUT2D eigenvalue weighted by molar-refractivity contribution is 5.97. The van der Waals surface area contributed by atoms with Gasteiger partial charge in [0.1, 0.15) is 5.75 Å². The van der Waals surface area contributed by atoms with E-state index in [0.29, 0.717) is 41.3 Å². The molecular weight excluding hydrogens is 632 g/mol. The Kier molecular flexibility index (Phi) is 12.8. The molecule has 266 valence electrons. The van der Waals surface area contributed by atoms with Crippen LogP contribution in [-0.4, -0.2) is 88.1 Å². The van der Waals surface area contributed by atoms with Gasteiger partial charge in [-0.2, -0.15) is 5.26 Å². The molecule has 1 atom stereocenters. The van der Waals surface area contributed by atoms with Crippen LogP contribution in [0.3, 0.4) is 0 Å². The van der Waals surface area contributed by atoms with E-state index in [2.05, 4.69) is 56.1 Å². The predicted octanol–water partition coefficient (Wildman–Crippen LogP) is 6.19. The van der Waals surface area contributed by atoms with Crippen LogP contribution in [0.25, 0.3) is 11.0 Å². The smallest absolute Gasteiger partial charge is 0.251 e. The van der Waals surface area contributed by atoms with Crippen LogP contribution >= 0.6 is 0 Å². The van der Waals surface area contributed by atoms with Crippen LogP contribution in [0.4, 0.5) is 5.95 Å². The summed E-state index contributed by atoms with van der Waals surface area (Å²) in [7, 11) is 6.32. The van der Waals surface area contributed by atoms with E-state index in [-0.39, 0.29) is 11.8 Å². The number of carbonyl (C=O) groups is 1. The zero-order valence-corrected chi connectivity index (χ0v) is 30.0. The van der Waals surface area contributed by atoms with Crippen molar-refractivity contribution in [3.05, 3.63) is 71.3 Å². The minimum atomic E-state index is -0.193. The first kappa shape index (κ1) is 36.3. The Bertz CT molecular complexity index is 1770. The number of amides is 1. The molecule has 3 aromatic carbocycles. The standard InChI is InChI=1S/C39H50N6O5/c1-28-32(26-35(48-3)37(50-5)36(28)49-4)38(46)41-27-30(29-14-16-31(47-2)17-15-29)18-23-43-20-11-21-44(25-24-43)39-42-33-12-7-8-13-34(33)45(39)22-10-6-9-19-40/h7-8,12-17,26,30H,6,9-11,18,20-25,27H2,1-5H3,(H,41,46). The molecule has 1 aromatic heterocycles. The number of carbonyl (C=O) groups excluding carboxylic acids is 1. The first-order chi connectivity index (χ1) is 24.4. The van der Waals surface area contributed by atoms with E-state index < -0.39 is 0 Å². The Morgan fingerprint density at radius 1 is 0.920 bits per heavy atom. The van der Waals surface area contributed by atoms with Crippen LogP contribution in [0.5, 0.6) is 23.0 Å². The van der Waals surface area contributed by atoms with Crippen LogP contribution in [0.15, 0.2) is 54.6 Å². The second-order valence-electron chi connectivity index (χ2n) is 12.6. The van der Waals surface area contributed by atoms with Crippen molar-refractivity contribution < 1.29 is 23.7 Å². The highest BCUT2D eigenvalue weighted by Gasteiger charge is 2.24. The average molecular weight is 683 g/mol. The Hall–Kier alpha value is -4.95. The number of nitrogens with one attached hydrogen (secondary N) is 1. The first-order valence-corrected chi connectivity index (χ1v) is 17.4. The number of fused-ring (bicyclic) bond motifs is 1. The molecule has 0 saturated carbocycles. The average Bonchev–Trinajstić information content (AvgIpc) is 3.34. The number of ether oxygens (including phenoxy) is 4. The van der Waals surface area contributed by atoms with E-state index in [1.807, 2.05) is 25.1 Å². The van der Waals surface area contributed by atoms with Crippen molar-refractivity contribution in [1.82, 2.24) is 19.8 Å². The molecule has 2 heterocycles. The third-order valence-electron chi connectivity index (χ3n) is 9.64.